The van der Waals surface area contributed by atoms with E-state index in [-0.39, 0.29) is 0 Å². The molecule has 262 valence electrons. The van der Waals surface area contributed by atoms with E-state index in [0.29, 0.717) is 0 Å². The second-order valence-corrected chi connectivity index (χ2v) is 14.5. The fourth-order valence-corrected chi connectivity index (χ4v) is 8.82. The third kappa shape index (κ3) is 5.19. The molecule has 2 heteroatoms. The van der Waals surface area contributed by atoms with E-state index in [2.05, 4.69) is 228 Å². The molecule has 0 spiro atoms. The third-order valence-corrected chi connectivity index (χ3v) is 11.4. The Morgan fingerprint density at radius 3 is 1.32 bits per heavy atom. The van der Waals surface area contributed by atoms with Gasteiger partial charge in [-0.05, 0) is 103 Å². The van der Waals surface area contributed by atoms with E-state index in [1.807, 2.05) is 0 Å². The molecule has 0 atom stereocenters. The zero-order valence-corrected chi connectivity index (χ0v) is 30.7. The van der Waals surface area contributed by atoms with Crippen LogP contribution in [-0.2, 0) is 0 Å². The Morgan fingerprint density at radius 2 is 0.679 bits per heavy atom. The Labute approximate surface area is 326 Å². The molecular weight excluding hydrogens is 677 g/mol. The Bertz CT molecular complexity index is 3180. The second kappa shape index (κ2) is 13.2. The number of anilines is 6. The quantitative estimate of drug-likeness (QED) is 0.152. The average molecular weight is 713 g/mol. The van der Waals surface area contributed by atoms with Gasteiger partial charge in [-0.3, -0.25) is 0 Å². The van der Waals surface area contributed by atoms with E-state index >= 15 is 0 Å². The van der Waals surface area contributed by atoms with Crippen LogP contribution in [-0.4, -0.2) is 0 Å². The van der Waals surface area contributed by atoms with Crippen molar-refractivity contribution >= 4 is 88.0 Å². The van der Waals surface area contributed by atoms with Crippen molar-refractivity contribution < 1.29 is 0 Å². The molecule has 0 aliphatic carbocycles. The van der Waals surface area contributed by atoms with Crippen molar-refractivity contribution in [2.24, 2.45) is 0 Å². The molecule has 0 aromatic heterocycles. The lowest BCUT2D eigenvalue weighted by molar-refractivity contribution is 1.30. The molecule has 0 aliphatic rings. The molecule has 2 nitrogen and oxygen atoms in total. The molecule has 0 radical (unpaired) electrons. The summed E-state index contributed by atoms with van der Waals surface area (Å²) in [4.78, 5) is 4.80. The van der Waals surface area contributed by atoms with E-state index in [1.165, 1.54) is 70.7 Å². The van der Waals surface area contributed by atoms with Crippen molar-refractivity contribution in [2.75, 3.05) is 9.80 Å². The van der Waals surface area contributed by atoms with Crippen LogP contribution in [0.1, 0.15) is 0 Å². The van der Waals surface area contributed by atoms with Gasteiger partial charge in [0.2, 0.25) is 0 Å². The minimum atomic E-state index is 1.12. The van der Waals surface area contributed by atoms with Crippen molar-refractivity contribution in [3.05, 3.63) is 218 Å². The first-order chi connectivity index (χ1) is 27.8. The fourth-order valence-electron chi connectivity index (χ4n) is 8.82. The molecule has 56 heavy (non-hydrogen) atoms. The molecular formula is C54H36N2. The lowest BCUT2D eigenvalue weighted by Crippen LogP contribution is -2.11. The first kappa shape index (κ1) is 32.0. The van der Waals surface area contributed by atoms with E-state index < -0.39 is 0 Å². The Kier molecular flexibility index (Phi) is 7.53. The minimum Gasteiger partial charge on any atom is -0.310 e. The summed E-state index contributed by atoms with van der Waals surface area (Å²) in [5.41, 5.74) is 9.29. The topological polar surface area (TPSA) is 6.48 Å². The van der Waals surface area contributed by atoms with E-state index in [9.17, 15) is 0 Å². The Morgan fingerprint density at radius 1 is 0.232 bits per heavy atom. The van der Waals surface area contributed by atoms with E-state index in [4.69, 9.17) is 0 Å². The van der Waals surface area contributed by atoms with Crippen LogP contribution in [0.5, 0.6) is 0 Å². The summed E-state index contributed by atoms with van der Waals surface area (Å²) < 4.78 is 0. The van der Waals surface area contributed by atoms with E-state index in [0.717, 1.165) is 28.4 Å². The Hall–Kier alpha value is -7.42. The average Bonchev–Trinajstić information content (AvgIpc) is 3.27. The predicted molar refractivity (Wildman–Crippen MR) is 240 cm³/mol. The summed E-state index contributed by atoms with van der Waals surface area (Å²) in [5, 5.41) is 12.5. The third-order valence-electron chi connectivity index (χ3n) is 11.4. The van der Waals surface area contributed by atoms with Crippen LogP contribution in [0.2, 0.25) is 0 Å². The molecule has 0 amide bonds. The van der Waals surface area contributed by atoms with Gasteiger partial charge in [0.05, 0.1) is 17.1 Å². The maximum Gasteiger partial charge on any atom is 0.0540 e. The van der Waals surface area contributed by atoms with Crippen molar-refractivity contribution in [1.29, 1.82) is 0 Å². The summed E-state index contributed by atoms with van der Waals surface area (Å²) in [7, 11) is 0. The highest BCUT2D eigenvalue weighted by molar-refractivity contribution is 6.28. The molecule has 0 aliphatic heterocycles. The van der Waals surface area contributed by atoms with Crippen molar-refractivity contribution in [3.8, 4) is 11.1 Å². The minimum absolute atomic E-state index is 1.12. The first-order valence-electron chi connectivity index (χ1n) is 19.3. The largest absolute Gasteiger partial charge is 0.310 e. The molecule has 0 fully saturated rings. The molecule has 11 aromatic carbocycles. The summed E-state index contributed by atoms with van der Waals surface area (Å²) in [6.07, 6.45) is 0. The second-order valence-electron chi connectivity index (χ2n) is 14.5. The number of nitrogens with zero attached hydrogens (tertiary/aromatic N) is 2. The lowest BCUT2D eigenvalue weighted by atomic mass is 9.89. The molecule has 0 saturated heterocycles. The number of rotatable bonds is 7. The van der Waals surface area contributed by atoms with Crippen LogP contribution in [0.3, 0.4) is 0 Å². The summed E-state index contributed by atoms with van der Waals surface area (Å²) in [6.45, 7) is 0. The smallest absolute Gasteiger partial charge is 0.0540 e. The molecule has 0 heterocycles. The normalized spacial score (nSPS) is 11.6. The van der Waals surface area contributed by atoms with E-state index in [1.54, 1.807) is 0 Å². The van der Waals surface area contributed by atoms with Gasteiger partial charge in [-0.2, -0.15) is 0 Å². The van der Waals surface area contributed by atoms with Gasteiger partial charge in [0.15, 0.2) is 0 Å². The zero-order valence-electron chi connectivity index (χ0n) is 30.7. The van der Waals surface area contributed by atoms with Crippen LogP contribution in [0, 0.1) is 0 Å². The van der Waals surface area contributed by atoms with Crippen molar-refractivity contribution in [2.45, 2.75) is 0 Å². The van der Waals surface area contributed by atoms with Gasteiger partial charge in [0.1, 0.15) is 0 Å². The van der Waals surface area contributed by atoms with Crippen molar-refractivity contribution in [1.82, 2.24) is 0 Å². The van der Waals surface area contributed by atoms with Crippen LogP contribution >= 0.6 is 0 Å². The van der Waals surface area contributed by atoms with Gasteiger partial charge < -0.3 is 9.80 Å². The highest BCUT2D eigenvalue weighted by Gasteiger charge is 2.21. The summed E-state index contributed by atoms with van der Waals surface area (Å²) in [5.74, 6) is 0. The summed E-state index contributed by atoms with van der Waals surface area (Å²) >= 11 is 0. The molecule has 0 N–H and O–H groups in total. The van der Waals surface area contributed by atoms with Crippen molar-refractivity contribution in [3.63, 3.8) is 0 Å². The zero-order chi connectivity index (χ0) is 37.0. The van der Waals surface area contributed by atoms with Gasteiger partial charge in [0.25, 0.3) is 0 Å². The van der Waals surface area contributed by atoms with Gasteiger partial charge in [-0.1, -0.05) is 164 Å². The maximum atomic E-state index is 2.43. The van der Waals surface area contributed by atoms with Gasteiger partial charge in [-0.25, -0.2) is 0 Å². The monoisotopic (exact) mass is 712 g/mol. The van der Waals surface area contributed by atoms with Crippen LogP contribution in [0.15, 0.2) is 218 Å². The highest BCUT2D eigenvalue weighted by atomic mass is 15.1. The molecule has 0 bridgehead atoms. The molecule has 11 aromatic rings. The van der Waals surface area contributed by atoms with Crippen LogP contribution in [0.25, 0.3) is 65.0 Å². The lowest BCUT2D eigenvalue weighted by Gasteiger charge is -2.29. The molecule has 11 rings (SSSR count). The van der Waals surface area contributed by atoms with Gasteiger partial charge in [-0.15, -0.1) is 0 Å². The predicted octanol–water partition coefficient (Wildman–Crippen LogP) is 15.5. The van der Waals surface area contributed by atoms with Crippen LogP contribution in [0.4, 0.5) is 34.1 Å². The number of benzene rings is 11. The van der Waals surface area contributed by atoms with Crippen LogP contribution < -0.4 is 9.80 Å². The van der Waals surface area contributed by atoms with Gasteiger partial charge >= 0.3 is 0 Å². The number of hydrogen-bond acceptors (Lipinski definition) is 2. The molecule has 0 unspecified atom stereocenters. The number of para-hydroxylation sites is 2. The standard InChI is InChI=1S/C54H36N2/c1-3-17-42(18-4-1)55(50-23-11-15-37-13-7-9-21-46(37)50)44-31-27-39(28-32-44)45-33-29-40-25-26-41-30-36-52(49-35-34-48(45)53(40)54(41)49)56(43-19-5-2-6-20-43)51-24-12-16-38-14-8-10-22-47(38)51/h1-36H. The summed E-state index contributed by atoms with van der Waals surface area (Å²) in [6, 6.07) is 79.4. The number of hydrogen-bond donors (Lipinski definition) is 0. The fraction of sp³-hybridized carbons (Fsp3) is 0. The number of fused-ring (bicyclic) bond motifs is 2. The Balaban J connectivity index is 1.07. The maximum absolute atomic E-state index is 2.43. The highest BCUT2D eigenvalue weighted by Crippen LogP contribution is 2.47. The molecule has 0 saturated carbocycles. The SMILES string of the molecule is c1ccc(N(c2ccc(-c3ccc4ccc5ccc(N(c6ccccc6)c6cccc7ccccc67)c6ccc3c4c56)cc2)c2cccc3ccccc23)cc1. The van der Waals surface area contributed by atoms with Gasteiger partial charge in [0, 0.05) is 33.2 Å². The first-order valence-corrected chi connectivity index (χ1v) is 19.3.